The highest BCUT2D eigenvalue weighted by molar-refractivity contribution is 6.03. The number of benzene rings is 2. The SMILES string of the molecule is CC1OC(OC2CCC3(C)C(CCC4(C)C3CC=C3C5CC(C)(C)CCC5(C(=O)OC5OCC(O)C(O)C5OC5OC(C)C(OC6OC(CO)C(O)C(O)C6O)C(O)C5O)C(O)CC34C)C2(C)C)C(O)C(O)C1OC1OCC(O)C(O)C1O.Cc1cc(O)c(C=O)c2c1C(=O)Oc1c(COC(=O)C=CC(=O)O)c(O)c(C(=O)O)c(C)c1O2. The molecule has 652 valence electrons. The normalized spacial score (nSPS) is 42.6. The van der Waals surface area contributed by atoms with Crippen LogP contribution in [0, 0.1) is 64.1 Å². The molecule has 5 aliphatic carbocycles. The van der Waals surface area contributed by atoms with Crippen molar-refractivity contribution in [3.63, 3.8) is 0 Å². The fourth-order valence-corrected chi connectivity index (χ4v) is 20.8. The number of phenols is 2. The van der Waals surface area contributed by atoms with E-state index >= 15 is 4.79 Å². The van der Waals surface area contributed by atoms with Gasteiger partial charge < -0.3 is 153 Å². The number of aliphatic hydroxyl groups excluding tert-OH is 14. The number of hydrogen-bond acceptors (Lipinski definition) is 35. The molecule has 0 amide bonds. The monoisotopic (exact) mass is 1660 g/mol. The Hall–Kier alpha value is -6.58. The predicted molar refractivity (Wildman–Crippen MR) is 392 cm³/mol. The average molecular weight is 1660 g/mol. The molecule has 117 heavy (non-hydrogen) atoms. The number of carbonyl (C=O) groups is 6. The van der Waals surface area contributed by atoms with Crippen molar-refractivity contribution in [1.29, 1.82) is 0 Å². The van der Waals surface area contributed by atoms with Crippen LogP contribution in [0.1, 0.15) is 168 Å². The van der Waals surface area contributed by atoms with Crippen molar-refractivity contribution in [2.24, 2.45) is 50.2 Å². The van der Waals surface area contributed by atoms with Gasteiger partial charge in [-0.2, -0.15) is 0 Å². The standard InChI is InChI=1S/C58H94O25.C22H16O12/c1-23-44(80-47-40(69)34(63)27(60)21-74-47)38(67)42(71)48(76-23)79-33-13-14-55(7)30(54(33,5)6)12-15-56(8)31(55)11-10-25-26-18-53(3,4)16-17-58(26,32(62)19-57(25,56)9)52(73)83-51-46(35(64)28(61)22-75-51)82-49-43(72)39(68)45(24(2)77-49)81-50-41(70)37(66)36(65)29(20-59)78-50;1-8-5-12(24)10(6-23)19-15(8)22(31)34-20-11(7-32-14(27)4-3-13(25)26)17(28)16(21(29)30)9(2)18(20)33-19/h10,23-24,26-51,59-72H,11-22H2,1-9H3;3-6,24,28H,7H2,1-2H3,(H,25,26)(H,29,30). The number of carboxylic acids is 2. The lowest BCUT2D eigenvalue weighted by molar-refractivity contribution is -0.374. The maximum Gasteiger partial charge on any atom is 0.347 e. The van der Waals surface area contributed by atoms with Crippen molar-refractivity contribution in [3.8, 4) is 28.7 Å². The van der Waals surface area contributed by atoms with Gasteiger partial charge >= 0.3 is 29.8 Å². The number of phenolic OH excluding ortho intramolecular Hbond substituents is 1. The van der Waals surface area contributed by atoms with Gasteiger partial charge in [0.15, 0.2) is 54.8 Å². The van der Waals surface area contributed by atoms with Gasteiger partial charge in [-0.15, -0.1) is 0 Å². The molecule has 0 radical (unpaired) electrons. The van der Waals surface area contributed by atoms with Crippen LogP contribution in [0.5, 0.6) is 28.7 Å². The molecule has 6 heterocycles. The number of carboxylic acid groups (broad SMARTS) is 2. The molecule has 9 fully saturated rings. The Bertz CT molecular complexity index is 4120. The van der Waals surface area contributed by atoms with E-state index in [9.17, 15) is 111 Å². The van der Waals surface area contributed by atoms with E-state index in [4.69, 9.17) is 66.7 Å². The van der Waals surface area contributed by atoms with E-state index in [1.807, 2.05) is 0 Å². The fraction of sp³-hybridized carbons (Fsp3) is 0.725. The summed E-state index contributed by atoms with van der Waals surface area (Å²) < 4.78 is 75.5. The van der Waals surface area contributed by atoms with Crippen LogP contribution in [0.25, 0.3) is 0 Å². The van der Waals surface area contributed by atoms with E-state index in [1.165, 1.54) is 20.8 Å². The van der Waals surface area contributed by atoms with Crippen molar-refractivity contribution in [2.45, 2.75) is 294 Å². The highest BCUT2D eigenvalue weighted by Crippen LogP contribution is 2.76. The molecule has 5 saturated heterocycles. The van der Waals surface area contributed by atoms with Crippen LogP contribution >= 0.6 is 0 Å². The number of aliphatic carboxylic acids is 1. The molecular weight excluding hydrogens is 1550 g/mol. The molecule has 0 spiro atoms. The Kier molecular flexibility index (Phi) is 25.8. The lowest BCUT2D eigenvalue weighted by atomic mass is 9.33. The predicted octanol–water partition coefficient (Wildman–Crippen LogP) is 0.327. The number of rotatable bonds is 17. The Labute approximate surface area is 672 Å². The van der Waals surface area contributed by atoms with Gasteiger partial charge in [0.2, 0.25) is 6.29 Å². The van der Waals surface area contributed by atoms with E-state index in [-0.39, 0.29) is 76.3 Å². The zero-order valence-corrected chi connectivity index (χ0v) is 66.6. The van der Waals surface area contributed by atoms with E-state index in [0.29, 0.717) is 37.8 Å². The minimum Gasteiger partial charge on any atom is -0.507 e. The zero-order valence-electron chi connectivity index (χ0n) is 66.6. The number of allylic oxidation sites excluding steroid dienone is 2. The number of aromatic hydroxyl groups is 2. The van der Waals surface area contributed by atoms with Gasteiger partial charge in [0.1, 0.15) is 126 Å². The Morgan fingerprint density at radius 2 is 1.19 bits per heavy atom. The largest absolute Gasteiger partial charge is 0.507 e. The average Bonchev–Trinajstić information content (AvgIpc) is 0.955. The summed E-state index contributed by atoms with van der Waals surface area (Å²) in [6.45, 7) is 19.0. The second-order valence-corrected chi connectivity index (χ2v) is 35.3. The van der Waals surface area contributed by atoms with Crippen molar-refractivity contribution >= 4 is 36.1 Å². The minimum atomic E-state index is -1.93. The van der Waals surface area contributed by atoms with Crippen molar-refractivity contribution in [3.05, 3.63) is 63.2 Å². The molecule has 37 heteroatoms. The summed E-state index contributed by atoms with van der Waals surface area (Å²) in [6, 6.07) is 1.13. The molecule has 6 aliphatic heterocycles. The summed E-state index contributed by atoms with van der Waals surface area (Å²) >= 11 is 0. The van der Waals surface area contributed by atoms with E-state index < -0.39 is 265 Å². The van der Waals surface area contributed by atoms with Gasteiger partial charge in [-0.1, -0.05) is 60.1 Å². The second kappa shape index (κ2) is 33.7. The molecule has 0 aromatic heterocycles. The van der Waals surface area contributed by atoms with Crippen molar-refractivity contribution in [2.75, 3.05) is 19.8 Å². The highest BCUT2D eigenvalue weighted by Gasteiger charge is 2.72. The van der Waals surface area contributed by atoms with E-state index in [2.05, 4.69) is 54.5 Å². The number of carbonyl (C=O) groups excluding carboxylic acids is 4. The third-order valence-electron chi connectivity index (χ3n) is 27.6. The van der Waals surface area contributed by atoms with Crippen LogP contribution in [0.2, 0.25) is 0 Å². The van der Waals surface area contributed by atoms with Crippen LogP contribution in [0.4, 0.5) is 0 Å². The fourth-order valence-electron chi connectivity index (χ4n) is 20.8. The van der Waals surface area contributed by atoms with Crippen LogP contribution in [-0.4, -0.2) is 301 Å². The quantitative estimate of drug-likeness (QED) is 0.0253. The molecule has 32 unspecified atom stereocenters. The lowest BCUT2D eigenvalue weighted by Gasteiger charge is -2.71. The molecule has 4 saturated carbocycles. The number of aryl methyl sites for hydroxylation is 1. The van der Waals surface area contributed by atoms with E-state index in [0.717, 1.165) is 30.9 Å². The van der Waals surface area contributed by atoms with Gasteiger partial charge in [0, 0.05) is 17.7 Å². The molecule has 32 atom stereocenters. The zero-order chi connectivity index (χ0) is 85.9. The summed E-state index contributed by atoms with van der Waals surface area (Å²) in [7, 11) is 0. The molecule has 11 aliphatic rings. The van der Waals surface area contributed by atoms with Gasteiger partial charge in [-0.3, -0.25) is 9.59 Å². The van der Waals surface area contributed by atoms with Gasteiger partial charge in [-0.05, 0) is 142 Å². The molecule has 13 rings (SSSR count). The summed E-state index contributed by atoms with van der Waals surface area (Å²) in [4.78, 5) is 74.0. The molecular formula is C80H110O37. The molecule has 2 aromatic rings. The summed E-state index contributed by atoms with van der Waals surface area (Å²) in [5.41, 5.74) is -4.08. The number of aldehydes is 1. The summed E-state index contributed by atoms with van der Waals surface area (Å²) in [6.07, 6.45) is -27.9. The Morgan fingerprint density at radius 1 is 0.607 bits per heavy atom. The number of esters is 3. The lowest BCUT2D eigenvalue weighted by Crippen LogP contribution is -2.68. The van der Waals surface area contributed by atoms with Crippen LogP contribution in [0.3, 0.4) is 0 Å². The number of ether oxygens (including phenoxy) is 13. The van der Waals surface area contributed by atoms with E-state index in [1.54, 1.807) is 6.92 Å². The van der Waals surface area contributed by atoms with Gasteiger partial charge in [0.05, 0.1) is 55.4 Å². The third-order valence-corrected chi connectivity index (χ3v) is 27.6. The Balaban J connectivity index is 0.000000309. The minimum absolute atomic E-state index is 0.129. The first-order chi connectivity index (χ1) is 54.7. The maximum absolute atomic E-state index is 15.4. The second-order valence-electron chi connectivity index (χ2n) is 35.3. The number of fused-ring (bicyclic) bond motifs is 9. The highest BCUT2D eigenvalue weighted by atomic mass is 16.8. The third kappa shape index (κ3) is 15.8. The Morgan fingerprint density at radius 3 is 1.80 bits per heavy atom. The number of hydrogen-bond donors (Lipinski definition) is 18. The topological polar surface area (TPSA) is 587 Å². The number of aromatic carboxylic acids is 1. The summed E-state index contributed by atoms with van der Waals surface area (Å²) in [5.74, 6) is -8.91. The first-order valence-corrected chi connectivity index (χ1v) is 39.3. The smallest absolute Gasteiger partial charge is 0.347 e. The van der Waals surface area contributed by atoms with Crippen molar-refractivity contribution < 1.29 is 182 Å². The summed E-state index contributed by atoms with van der Waals surface area (Å²) in [5, 5.41) is 191. The van der Waals surface area contributed by atoms with Crippen LogP contribution < -0.4 is 9.47 Å². The first-order valence-electron chi connectivity index (χ1n) is 39.3. The van der Waals surface area contributed by atoms with Gasteiger partial charge in [-0.25, -0.2) is 19.2 Å². The number of aliphatic hydroxyl groups is 14. The maximum atomic E-state index is 15.4. The molecule has 0 bridgehead atoms. The van der Waals surface area contributed by atoms with Crippen LogP contribution in [-0.2, 0) is 73.1 Å². The first kappa shape index (κ1) is 89.7. The van der Waals surface area contributed by atoms with Crippen molar-refractivity contribution in [1.82, 2.24) is 0 Å². The molecule has 2 aromatic carbocycles. The molecule has 37 nitrogen and oxygen atoms in total. The molecule has 18 N–H and O–H groups in total. The van der Waals surface area contributed by atoms with Crippen LogP contribution in [0.15, 0.2) is 29.9 Å². The van der Waals surface area contributed by atoms with Gasteiger partial charge in [0.25, 0.3) is 0 Å².